The summed E-state index contributed by atoms with van der Waals surface area (Å²) in [7, 11) is 0. The van der Waals surface area contributed by atoms with Crippen molar-refractivity contribution < 1.29 is 19.4 Å². The Bertz CT molecular complexity index is 1290. The van der Waals surface area contributed by atoms with Crippen LogP contribution in [0.25, 0.3) is 0 Å². The van der Waals surface area contributed by atoms with Crippen molar-refractivity contribution in [1.82, 2.24) is 5.32 Å². The average Bonchev–Trinajstić information content (AvgIpc) is 3.42. The minimum absolute atomic E-state index is 0.0113. The third-order valence-electron chi connectivity index (χ3n) is 16.7. The fourth-order valence-electron chi connectivity index (χ4n) is 13.8. The topological polar surface area (TPSA) is 75.6 Å². The van der Waals surface area contributed by atoms with Crippen molar-refractivity contribution in [2.75, 3.05) is 6.61 Å². The number of carbonyl (C=O) groups excluding carboxylic acids is 2. The molecule has 0 aromatic rings. The number of esters is 1. The van der Waals surface area contributed by atoms with E-state index in [-0.39, 0.29) is 57.9 Å². The van der Waals surface area contributed by atoms with Crippen LogP contribution in [0.2, 0.25) is 0 Å². The Hall–Kier alpha value is -1.80. The smallest absolute Gasteiger partial charge is 0.306 e. The lowest BCUT2D eigenvalue weighted by molar-refractivity contribution is -0.250. The standard InChI is InChI=1S/C42H65NO4/c1-9-42(20-11-10-12-21-42)43-34(45)15-16-35(46)47-27-41-24-17-29(28(2)3)36(41)30-13-14-32-38(6)22-19-33(44)37(4,5)31(38)18-23-40(32,8)39(30,7)25-26-41/h1,29-33,36,44H,2,10-27H2,3-8H3,(H,43,45)/t29-,30+,31-,32+,33-,36+,38-,39+,40+,41+/m0/s1. The molecule has 0 saturated heterocycles. The summed E-state index contributed by atoms with van der Waals surface area (Å²) >= 11 is 0. The van der Waals surface area contributed by atoms with Crippen molar-refractivity contribution in [2.45, 2.75) is 162 Å². The monoisotopic (exact) mass is 647 g/mol. The Balaban J connectivity index is 1.17. The summed E-state index contributed by atoms with van der Waals surface area (Å²) in [5, 5.41) is 14.1. The van der Waals surface area contributed by atoms with E-state index < -0.39 is 5.54 Å². The van der Waals surface area contributed by atoms with Gasteiger partial charge >= 0.3 is 5.97 Å². The number of aliphatic hydroxyl groups excluding tert-OH is 1. The van der Waals surface area contributed by atoms with Crippen LogP contribution in [-0.2, 0) is 14.3 Å². The molecular weight excluding hydrogens is 582 g/mol. The molecule has 0 spiro atoms. The van der Waals surface area contributed by atoms with Crippen LogP contribution in [0.1, 0.15) is 151 Å². The number of allylic oxidation sites excluding steroid dienone is 1. The van der Waals surface area contributed by atoms with E-state index in [0.29, 0.717) is 36.2 Å². The first-order valence-electron chi connectivity index (χ1n) is 19.4. The first kappa shape index (κ1) is 35.0. The Labute approximate surface area is 286 Å². The number of rotatable bonds is 7. The van der Waals surface area contributed by atoms with E-state index in [1.165, 1.54) is 37.7 Å². The van der Waals surface area contributed by atoms with Gasteiger partial charge in [-0.3, -0.25) is 9.59 Å². The lowest BCUT2D eigenvalue weighted by Crippen LogP contribution is -2.66. The van der Waals surface area contributed by atoms with Crippen LogP contribution >= 0.6 is 0 Å². The molecule has 0 aliphatic heterocycles. The van der Waals surface area contributed by atoms with Gasteiger partial charge in [-0.15, -0.1) is 6.42 Å². The van der Waals surface area contributed by atoms with E-state index in [1.54, 1.807) is 0 Å². The van der Waals surface area contributed by atoms with Gasteiger partial charge in [0.15, 0.2) is 0 Å². The van der Waals surface area contributed by atoms with Gasteiger partial charge in [-0.2, -0.15) is 0 Å². The lowest BCUT2D eigenvalue weighted by atomic mass is 9.32. The number of hydrogen-bond donors (Lipinski definition) is 2. The summed E-state index contributed by atoms with van der Waals surface area (Å²) in [5.41, 5.74) is 1.44. The van der Waals surface area contributed by atoms with Gasteiger partial charge in [-0.1, -0.05) is 72.0 Å². The van der Waals surface area contributed by atoms with Crippen molar-refractivity contribution in [3.63, 3.8) is 0 Å². The predicted octanol–water partition coefficient (Wildman–Crippen LogP) is 8.78. The number of nitrogens with one attached hydrogen (secondary N) is 1. The maximum absolute atomic E-state index is 13.2. The van der Waals surface area contributed by atoms with Crippen molar-refractivity contribution in [3.05, 3.63) is 12.2 Å². The van der Waals surface area contributed by atoms with Crippen LogP contribution in [0.5, 0.6) is 0 Å². The Morgan fingerprint density at radius 1 is 0.851 bits per heavy atom. The minimum atomic E-state index is -0.553. The van der Waals surface area contributed by atoms with Gasteiger partial charge in [0.05, 0.1) is 19.1 Å². The van der Waals surface area contributed by atoms with E-state index in [4.69, 9.17) is 11.2 Å². The van der Waals surface area contributed by atoms with E-state index in [2.05, 4.69) is 59.4 Å². The summed E-state index contributed by atoms with van der Waals surface area (Å²) in [5.74, 6) is 5.21. The quantitative estimate of drug-likeness (QED) is 0.165. The minimum Gasteiger partial charge on any atom is -0.465 e. The SMILES string of the molecule is C#CC1(NC(=O)CCC(=O)OC[C@]23CC[C@@H](C(=C)C)[C@@H]2[C@H]2CC[C@@H]4[C@@]5(C)CC[C@H](O)C(C)(C)[C@@H]5CC[C@@]4(C)[C@]2(C)CC3)CCCCC1. The van der Waals surface area contributed by atoms with Gasteiger partial charge in [-0.25, -0.2) is 0 Å². The molecule has 6 aliphatic rings. The molecule has 5 nitrogen and oxygen atoms in total. The summed E-state index contributed by atoms with van der Waals surface area (Å²) in [6.07, 6.45) is 22.2. The molecule has 0 unspecified atom stereocenters. The fraction of sp³-hybridized carbons (Fsp3) is 0.857. The van der Waals surface area contributed by atoms with E-state index >= 15 is 0 Å². The Kier molecular flexibility index (Phi) is 9.10. The lowest BCUT2D eigenvalue weighted by Gasteiger charge is -2.73. The molecule has 0 bridgehead atoms. The maximum atomic E-state index is 13.2. The van der Waals surface area contributed by atoms with Crippen LogP contribution in [0.4, 0.5) is 0 Å². The summed E-state index contributed by atoms with van der Waals surface area (Å²) < 4.78 is 6.16. The maximum Gasteiger partial charge on any atom is 0.306 e. The van der Waals surface area contributed by atoms with Crippen LogP contribution in [0.15, 0.2) is 12.2 Å². The molecule has 0 heterocycles. The summed E-state index contributed by atoms with van der Waals surface area (Å²) in [6.45, 7) is 19.8. The summed E-state index contributed by atoms with van der Waals surface area (Å²) in [4.78, 5) is 26.0. The second-order valence-corrected chi connectivity index (χ2v) is 18.9. The van der Waals surface area contributed by atoms with Crippen LogP contribution in [-0.4, -0.2) is 35.2 Å². The molecule has 6 aliphatic carbocycles. The second kappa shape index (κ2) is 12.2. The number of terminal acetylenes is 1. The Morgan fingerprint density at radius 3 is 2.26 bits per heavy atom. The first-order chi connectivity index (χ1) is 22.1. The molecule has 10 atom stereocenters. The van der Waals surface area contributed by atoms with Crippen molar-refractivity contribution in [2.24, 2.45) is 56.7 Å². The molecule has 5 heteroatoms. The molecule has 6 saturated carbocycles. The zero-order valence-electron chi connectivity index (χ0n) is 30.6. The molecule has 0 aromatic heterocycles. The van der Waals surface area contributed by atoms with Gasteiger partial charge in [0.1, 0.15) is 5.54 Å². The molecular formula is C42H65NO4. The number of aliphatic hydroxyl groups is 1. The molecule has 0 aromatic carbocycles. The largest absolute Gasteiger partial charge is 0.465 e. The number of ether oxygens (including phenoxy) is 1. The van der Waals surface area contributed by atoms with E-state index in [0.717, 1.165) is 64.2 Å². The molecule has 47 heavy (non-hydrogen) atoms. The first-order valence-corrected chi connectivity index (χ1v) is 19.4. The van der Waals surface area contributed by atoms with E-state index in [1.807, 2.05) is 0 Å². The Morgan fingerprint density at radius 2 is 1.57 bits per heavy atom. The number of amides is 1. The molecule has 6 fully saturated rings. The zero-order chi connectivity index (χ0) is 34.0. The van der Waals surface area contributed by atoms with Crippen molar-refractivity contribution >= 4 is 11.9 Å². The van der Waals surface area contributed by atoms with E-state index in [9.17, 15) is 14.7 Å². The normalized spacial score (nSPS) is 44.8. The fourth-order valence-corrected chi connectivity index (χ4v) is 13.8. The van der Waals surface area contributed by atoms with Crippen LogP contribution in [0, 0.1) is 69.0 Å². The van der Waals surface area contributed by atoms with Crippen LogP contribution < -0.4 is 5.32 Å². The highest BCUT2D eigenvalue weighted by Crippen LogP contribution is 2.77. The third kappa shape index (κ3) is 5.45. The highest BCUT2D eigenvalue weighted by Gasteiger charge is 2.71. The second-order valence-electron chi connectivity index (χ2n) is 18.9. The third-order valence-corrected chi connectivity index (χ3v) is 16.7. The van der Waals surface area contributed by atoms with Gasteiger partial charge in [0, 0.05) is 11.8 Å². The zero-order valence-corrected chi connectivity index (χ0v) is 30.6. The average molecular weight is 648 g/mol. The number of carbonyl (C=O) groups is 2. The van der Waals surface area contributed by atoms with Gasteiger partial charge in [-0.05, 0) is 135 Å². The molecule has 262 valence electrons. The summed E-state index contributed by atoms with van der Waals surface area (Å²) in [6, 6.07) is 0. The molecule has 1 amide bonds. The number of hydrogen-bond acceptors (Lipinski definition) is 4. The predicted molar refractivity (Wildman–Crippen MR) is 188 cm³/mol. The van der Waals surface area contributed by atoms with Crippen molar-refractivity contribution in [3.8, 4) is 12.3 Å². The highest BCUT2D eigenvalue weighted by molar-refractivity contribution is 5.82. The van der Waals surface area contributed by atoms with Crippen molar-refractivity contribution in [1.29, 1.82) is 0 Å². The number of fused-ring (bicyclic) bond motifs is 7. The van der Waals surface area contributed by atoms with Gasteiger partial charge < -0.3 is 15.2 Å². The van der Waals surface area contributed by atoms with Gasteiger partial charge in [0.2, 0.25) is 5.91 Å². The molecule has 0 radical (unpaired) electrons. The molecule has 6 rings (SSSR count). The highest BCUT2D eigenvalue weighted by atomic mass is 16.5. The van der Waals surface area contributed by atoms with Gasteiger partial charge in [0.25, 0.3) is 0 Å². The molecule has 2 N–H and O–H groups in total. The van der Waals surface area contributed by atoms with Crippen LogP contribution in [0.3, 0.4) is 0 Å².